The highest BCUT2D eigenvalue weighted by molar-refractivity contribution is 7.99. The number of aliphatic hydroxyl groups excluding tert-OH is 14. The molecule has 0 bridgehead atoms. The number of hydrogen-bond donors (Lipinski definition) is 18. The van der Waals surface area contributed by atoms with Gasteiger partial charge in [0.15, 0.2) is 25.0 Å². The number of nitrogens with one attached hydrogen (secondary N) is 4. The first-order valence-electron chi connectivity index (χ1n) is 28.7. The van der Waals surface area contributed by atoms with E-state index in [1.54, 1.807) is 0 Å². The van der Waals surface area contributed by atoms with Crippen molar-refractivity contribution in [3.05, 3.63) is 0 Å². The molecule has 0 aromatic rings. The van der Waals surface area contributed by atoms with Crippen molar-refractivity contribution < 1.29 is 129 Å². The van der Waals surface area contributed by atoms with Gasteiger partial charge in [-0.05, 0) is 38.5 Å². The molecule has 482 valence electrons. The summed E-state index contributed by atoms with van der Waals surface area (Å²) in [5.74, 6) is -0.884. The van der Waals surface area contributed by atoms with Crippen LogP contribution in [0.2, 0.25) is 0 Å². The first kappa shape index (κ1) is 72.4. The minimum Gasteiger partial charge on any atom is -0.469 e. The van der Waals surface area contributed by atoms with Gasteiger partial charge in [-0.3, -0.25) is 24.0 Å². The number of aliphatic hydroxyl groups is 14. The molecular formula is C52H92N4O26S. The summed E-state index contributed by atoms with van der Waals surface area (Å²) in [5.41, 5.74) is 0. The van der Waals surface area contributed by atoms with Crippen molar-refractivity contribution in [2.75, 3.05) is 58.1 Å². The highest BCUT2D eigenvalue weighted by Crippen LogP contribution is 2.31. The van der Waals surface area contributed by atoms with Gasteiger partial charge in [0.25, 0.3) is 0 Å². The van der Waals surface area contributed by atoms with E-state index < -0.39 is 161 Å². The molecule has 4 rings (SSSR count). The van der Waals surface area contributed by atoms with Crippen LogP contribution in [0.3, 0.4) is 0 Å². The second-order valence-electron chi connectivity index (χ2n) is 21.3. The van der Waals surface area contributed by atoms with E-state index in [1.807, 2.05) is 0 Å². The first-order chi connectivity index (χ1) is 39.7. The maximum Gasteiger partial charge on any atom is 0.306 e. The fourth-order valence-corrected chi connectivity index (χ4v) is 11.0. The van der Waals surface area contributed by atoms with E-state index in [9.17, 15) is 95.5 Å². The van der Waals surface area contributed by atoms with Gasteiger partial charge < -0.3 is 126 Å². The monoisotopic (exact) mass is 1220 g/mol. The maximum absolute atomic E-state index is 13.3. The molecule has 0 radical (unpaired) electrons. The van der Waals surface area contributed by atoms with Gasteiger partial charge in [0.1, 0.15) is 97.7 Å². The van der Waals surface area contributed by atoms with Gasteiger partial charge in [0.2, 0.25) is 23.6 Å². The zero-order chi connectivity index (χ0) is 61.2. The van der Waals surface area contributed by atoms with Crippen molar-refractivity contribution in [3.8, 4) is 0 Å². The van der Waals surface area contributed by atoms with E-state index in [0.29, 0.717) is 82.4 Å². The lowest BCUT2D eigenvalue weighted by Crippen LogP contribution is -2.66. The van der Waals surface area contributed by atoms with E-state index in [1.165, 1.54) is 18.9 Å². The lowest BCUT2D eigenvalue weighted by molar-refractivity contribution is -0.343. The van der Waals surface area contributed by atoms with Gasteiger partial charge in [-0.2, -0.15) is 11.8 Å². The van der Waals surface area contributed by atoms with Crippen LogP contribution >= 0.6 is 11.8 Å². The molecule has 30 nitrogen and oxygen atoms in total. The summed E-state index contributed by atoms with van der Waals surface area (Å²) < 4.78 is 37.6. The molecule has 4 heterocycles. The van der Waals surface area contributed by atoms with Crippen LogP contribution in [-0.4, -0.2) is 282 Å². The summed E-state index contributed by atoms with van der Waals surface area (Å²) in [5, 5.41) is 154. The van der Waals surface area contributed by atoms with Crippen molar-refractivity contribution >= 4 is 41.4 Å². The van der Waals surface area contributed by atoms with Gasteiger partial charge >= 0.3 is 5.97 Å². The Kier molecular flexibility index (Phi) is 33.3. The number of rotatable bonds is 37. The lowest BCUT2D eigenvalue weighted by Gasteiger charge is -2.46. The summed E-state index contributed by atoms with van der Waals surface area (Å²) >= 11 is 1.49. The molecule has 0 spiro atoms. The number of methoxy groups -OCH3 is 1. The van der Waals surface area contributed by atoms with Crippen LogP contribution in [0.15, 0.2) is 0 Å². The molecule has 0 aromatic carbocycles. The Bertz CT molecular complexity index is 1900. The molecule has 4 fully saturated rings. The minimum absolute atomic E-state index is 0.00625. The number of amides is 4. The van der Waals surface area contributed by atoms with Crippen LogP contribution in [0.4, 0.5) is 0 Å². The fraction of sp³-hybridized carbons (Fsp3) is 0.904. The summed E-state index contributed by atoms with van der Waals surface area (Å²) in [6.45, 7) is -2.20. The Hall–Kier alpha value is -3.10. The van der Waals surface area contributed by atoms with Crippen LogP contribution in [0, 0.1) is 5.92 Å². The molecule has 0 saturated carbocycles. The van der Waals surface area contributed by atoms with Crippen LogP contribution in [0.25, 0.3) is 0 Å². The summed E-state index contributed by atoms with van der Waals surface area (Å²) in [6.07, 6.45) is -22.7. The number of carbonyl (C=O) groups is 5. The number of unbranched alkanes of at least 4 members (excludes halogenated alkanes) is 9. The molecule has 0 aromatic heterocycles. The van der Waals surface area contributed by atoms with E-state index >= 15 is 0 Å². The zero-order valence-corrected chi connectivity index (χ0v) is 47.7. The second kappa shape index (κ2) is 38.2. The molecule has 4 aliphatic rings. The third kappa shape index (κ3) is 22.8. The van der Waals surface area contributed by atoms with Gasteiger partial charge in [-0.15, -0.1) is 0 Å². The second-order valence-corrected chi connectivity index (χ2v) is 22.4. The number of ether oxygens (including phenoxy) is 7. The minimum atomic E-state index is -1.82. The van der Waals surface area contributed by atoms with Crippen LogP contribution < -0.4 is 21.3 Å². The third-order valence-corrected chi connectivity index (χ3v) is 16.1. The highest BCUT2D eigenvalue weighted by atomic mass is 32.2. The largest absolute Gasteiger partial charge is 0.469 e. The zero-order valence-electron chi connectivity index (χ0n) is 46.9. The van der Waals surface area contributed by atoms with Crippen molar-refractivity contribution in [1.82, 2.24) is 21.3 Å². The molecule has 4 aliphatic heterocycles. The van der Waals surface area contributed by atoms with Gasteiger partial charge in [-0.25, -0.2) is 0 Å². The van der Waals surface area contributed by atoms with Crippen LogP contribution in [0.5, 0.6) is 0 Å². The smallest absolute Gasteiger partial charge is 0.306 e. The van der Waals surface area contributed by atoms with Crippen molar-refractivity contribution in [2.24, 2.45) is 5.92 Å². The van der Waals surface area contributed by atoms with Gasteiger partial charge in [0, 0.05) is 49.8 Å². The predicted octanol–water partition coefficient (Wildman–Crippen LogP) is -6.15. The van der Waals surface area contributed by atoms with Crippen molar-refractivity contribution in [1.29, 1.82) is 0 Å². The summed E-state index contributed by atoms with van der Waals surface area (Å²) in [4.78, 5) is 62.9. The van der Waals surface area contributed by atoms with Gasteiger partial charge in [-0.1, -0.05) is 44.9 Å². The average Bonchev–Trinajstić information content (AvgIpc) is 3.68. The molecule has 4 amide bonds. The number of carbonyl (C=O) groups excluding carboxylic acids is 5. The number of esters is 1. The lowest BCUT2D eigenvalue weighted by atomic mass is 9.96. The first-order valence-corrected chi connectivity index (χ1v) is 29.8. The normalized spacial score (nSPS) is 34.1. The molecule has 83 heavy (non-hydrogen) atoms. The standard InChI is InChI=1S/C52H92N4O26S/c1-76-35(64)18-21-83-26-27(48(75)54-20-13-7-11-17-34(63)56-50-43(72)41(70)47(31(25-60)78-50)82-52-45(74)39(68)37(66)29(23-58)80-52)14-8-4-2-3-5-9-15-32(61)53-19-12-6-10-16-33(62)55-49-42(71)40(69)46(30(24-59)77-49)81-51-44(73)38(67)36(65)28(22-57)79-51/h27-31,36-47,49-52,57-60,65-74H,2-26H2,1H3,(H,53,61)(H,54,75)(H,55,62)(H,56,63)/t27?,28-,29-,30-,31-,36+,37+,38+,39+,40-,41-,42-,43-,44-,45-,46-,47-,49-,50-,51+,52+/m1/s1. The molecule has 0 aliphatic carbocycles. The molecule has 18 N–H and O–H groups in total. The summed E-state index contributed by atoms with van der Waals surface area (Å²) in [6, 6.07) is 0. The predicted molar refractivity (Wildman–Crippen MR) is 286 cm³/mol. The topological polar surface area (TPSA) is 481 Å². The Balaban J connectivity index is 1.04. The van der Waals surface area contributed by atoms with Crippen molar-refractivity contribution in [3.63, 3.8) is 0 Å². The average molecular weight is 1220 g/mol. The molecular weight excluding hydrogens is 1130 g/mol. The number of hydrogen-bond acceptors (Lipinski definition) is 27. The molecule has 4 saturated heterocycles. The van der Waals surface area contributed by atoms with Gasteiger partial charge in [0.05, 0.1) is 40.0 Å². The molecule has 21 atom stereocenters. The Morgan fingerprint density at radius 3 is 1.30 bits per heavy atom. The Labute approximate surface area is 485 Å². The Morgan fingerprint density at radius 1 is 0.446 bits per heavy atom. The maximum atomic E-state index is 13.3. The highest BCUT2D eigenvalue weighted by Gasteiger charge is 2.52. The summed E-state index contributed by atoms with van der Waals surface area (Å²) in [7, 11) is 1.31. The fourth-order valence-electron chi connectivity index (χ4n) is 9.88. The van der Waals surface area contributed by atoms with Crippen molar-refractivity contribution in [2.45, 2.75) is 232 Å². The van der Waals surface area contributed by atoms with E-state index in [2.05, 4.69) is 21.3 Å². The van der Waals surface area contributed by atoms with E-state index in [0.717, 1.165) is 32.1 Å². The van der Waals surface area contributed by atoms with Crippen LogP contribution in [0.1, 0.15) is 109 Å². The SMILES string of the molecule is COC(=O)CCSCC(CCCCCCCCC(=O)NCCCCCC(=O)N[C@@H]1O[C@H](CO)[C@@H](O[C@@H]2O[C@H](CO)[C@H](O)[C@H](O)[C@H]2O)[C@H](O)[C@H]1O)C(=O)NCCCCCC(=O)N[C@@H]1O[C@H](CO)[C@@H](O[C@@H]2O[C@H](CO)[C@H](O)[C@H](O)[C@H]2O)[C@H](O)[C@H]1O. The van der Waals surface area contributed by atoms with E-state index in [-0.39, 0.29) is 43.0 Å². The van der Waals surface area contributed by atoms with E-state index in [4.69, 9.17) is 33.2 Å². The van der Waals surface area contributed by atoms with Crippen LogP contribution in [-0.2, 0) is 57.1 Å². The quantitative estimate of drug-likeness (QED) is 0.0203. The molecule has 1 unspecified atom stereocenters. The Morgan fingerprint density at radius 2 is 0.855 bits per heavy atom. The molecule has 31 heteroatoms. The third-order valence-electron chi connectivity index (χ3n) is 15.0. The number of thioether (sulfide) groups is 1.